The molecule has 1 N–H and O–H groups in total. The SMILES string of the molecule is CCN(CC1CCCN1)S(=O)(=O)c1cccc([N+](=O)[O-])c1. The van der Waals surface area contributed by atoms with Crippen LogP contribution in [0.3, 0.4) is 0 Å². The number of hydrogen-bond acceptors (Lipinski definition) is 5. The lowest BCUT2D eigenvalue weighted by Gasteiger charge is -2.23. The predicted octanol–water partition coefficient (Wildman–Crippen LogP) is 1.36. The van der Waals surface area contributed by atoms with Crippen LogP contribution in [0.25, 0.3) is 0 Å². The van der Waals surface area contributed by atoms with E-state index in [4.69, 9.17) is 0 Å². The molecule has 1 aromatic rings. The number of nitro groups is 1. The Hall–Kier alpha value is -1.51. The number of nitro benzene ring substituents is 1. The van der Waals surface area contributed by atoms with Crippen molar-refractivity contribution in [2.45, 2.75) is 30.7 Å². The fraction of sp³-hybridized carbons (Fsp3) is 0.538. The zero-order chi connectivity index (χ0) is 15.5. The van der Waals surface area contributed by atoms with Gasteiger partial charge in [-0.1, -0.05) is 13.0 Å². The number of hydrogen-bond donors (Lipinski definition) is 1. The Morgan fingerprint density at radius 3 is 2.81 bits per heavy atom. The average Bonchev–Trinajstić information content (AvgIpc) is 2.97. The molecule has 1 aromatic carbocycles. The molecule has 0 aliphatic carbocycles. The van der Waals surface area contributed by atoms with Crippen LogP contribution in [0.4, 0.5) is 5.69 Å². The van der Waals surface area contributed by atoms with Crippen molar-refractivity contribution < 1.29 is 13.3 Å². The summed E-state index contributed by atoms with van der Waals surface area (Å²) in [6.45, 7) is 3.40. The molecular formula is C13H19N3O4S. The lowest BCUT2D eigenvalue weighted by atomic mass is 10.2. The van der Waals surface area contributed by atoms with Gasteiger partial charge in [0.15, 0.2) is 0 Å². The minimum absolute atomic E-state index is 0.0310. The molecule has 1 saturated heterocycles. The highest BCUT2D eigenvalue weighted by Gasteiger charge is 2.28. The van der Waals surface area contributed by atoms with Crippen molar-refractivity contribution in [1.29, 1.82) is 0 Å². The van der Waals surface area contributed by atoms with Crippen molar-refractivity contribution in [2.24, 2.45) is 0 Å². The Morgan fingerprint density at radius 2 is 2.24 bits per heavy atom. The first kappa shape index (κ1) is 15.9. The van der Waals surface area contributed by atoms with E-state index in [1.165, 1.54) is 22.5 Å². The largest absolute Gasteiger partial charge is 0.313 e. The molecule has 0 saturated carbocycles. The van der Waals surface area contributed by atoms with E-state index in [0.29, 0.717) is 13.1 Å². The lowest BCUT2D eigenvalue weighted by Crippen LogP contribution is -2.40. The van der Waals surface area contributed by atoms with Crippen molar-refractivity contribution in [3.8, 4) is 0 Å². The maximum atomic E-state index is 12.6. The average molecular weight is 313 g/mol. The summed E-state index contributed by atoms with van der Waals surface area (Å²) in [5, 5.41) is 14.0. The first-order chi connectivity index (χ1) is 9.95. The van der Waals surface area contributed by atoms with Crippen LogP contribution in [-0.4, -0.2) is 43.3 Å². The Bertz CT molecular complexity index is 612. The van der Waals surface area contributed by atoms with Gasteiger partial charge < -0.3 is 5.32 Å². The van der Waals surface area contributed by atoms with Crippen LogP contribution in [0.15, 0.2) is 29.2 Å². The molecule has 1 unspecified atom stereocenters. The molecule has 1 heterocycles. The fourth-order valence-electron chi connectivity index (χ4n) is 2.46. The first-order valence-corrected chi connectivity index (χ1v) is 8.37. The summed E-state index contributed by atoms with van der Waals surface area (Å²) in [6.07, 6.45) is 1.99. The van der Waals surface area contributed by atoms with Crippen LogP contribution in [-0.2, 0) is 10.0 Å². The van der Waals surface area contributed by atoms with Gasteiger partial charge in [0.2, 0.25) is 10.0 Å². The maximum absolute atomic E-state index is 12.6. The van der Waals surface area contributed by atoms with Gasteiger partial charge in [-0.2, -0.15) is 4.31 Å². The van der Waals surface area contributed by atoms with E-state index in [-0.39, 0.29) is 16.6 Å². The molecule has 7 nitrogen and oxygen atoms in total. The minimum Gasteiger partial charge on any atom is -0.313 e. The van der Waals surface area contributed by atoms with Gasteiger partial charge in [-0.05, 0) is 25.5 Å². The highest BCUT2D eigenvalue weighted by molar-refractivity contribution is 7.89. The molecule has 1 aliphatic rings. The van der Waals surface area contributed by atoms with Gasteiger partial charge in [-0.25, -0.2) is 8.42 Å². The highest BCUT2D eigenvalue weighted by atomic mass is 32.2. The number of nitrogens with zero attached hydrogens (tertiary/aromatic N) is 2. The van der Waals surface area contributed by atoms with E-state index in [1.54, 1.807) is 6.92 Å². The summed E-state index contributed by atoms with van der Waals surface area (Å²) in [6, 6.07) is 5.34. The molecule has 1 aliphatic heterocycles. The third-order valence-corrected chi connectivity index (χ3v) is 5.54. The second-order valence-corrected chi connectivity index (χ2v) is 6.94. The third-order valence-electron chi connectivity index (χ3n) is 3.61. The standard InChI is InChI=1S/C13H19N3O4S/c1-2-15(10-11-5-4-8-14-11)21(19,20)13-7-3-6-12(9-13)16(17)18/h3,6-7,9,11,14H,2,4-5,8,10H2,1H3. The highest BCUT2D eigenvalue weighted by Crippen LogP contribution is 2.21. The third kappa shape index (κ3) is 3.58. The quantitative estimate of drug-likeness (QED) is 0.632. The Labute approximate surface area is 124 Å². The van der Waals surface area contributed by atoms with Gasteiger partial charge >= 0.3 is 0 Å². The van der Waals surface area contributed by atoms with Crippen LogP contribution in [0.1, 0.15) is 19.8 Å². The molecule has 0 amide bonds. The smallest absolute Gasteiger partial charge is 0.270 e. The fourth-order valence-corrected chi connectivity index (χ4v) is 4.00. The van der Waals surface area contributed by atoms with Gasteiger partial charge in [0.1, 0.15) is 0 Å². The van der Waals surface area contributed by atoms with Crippen molar-refractivity contribution in [2.75, 3.05) is 19.6 Å². The zero-order valence-electron chi connectivity index (χ0n) is 11.9. The van der Waals surface area contributed by atoms with Crippen LogP contribution in [0.5, 0.6) is 0 Å². The predicted molar refractivity (Wildman–Crippen MR) is 78.6 cm³/mol. The van der Waals surface area contributed by atoms with Crippen LogP contribution < -0.4 is 5.32 Å². The minimum atomic E-state index is -3.71. The Balaban J connectivity index is 2.25. The molecule has 1 atom stereocenters. The molecule has 116 valence electrons. The number of likely N-dealkylation sites (N-methyl/N-ethyl adjacent to an activating group) is 1. The molecule has 0 spiro atoms. The van der Waals surface area contributed by atoms with Gasteiger partial charge in [0.25, 0.3) is 5.69 Å². The summed E-state index contributed by atoms with van der Waals surface area (Å²) in [4.78, 5) is 10.2. The van der Waals surface area contributed by atoms with Crippen molar-refractivity contribution in [3.63, 3.8) is 0 Å². The summed E-state index contributed by atoms with van der Waals surface area (Å²) in [5.74, 6) is 0. The second-order valence-electron chi connectivity index (χ2n) is 5.00. The van der Waals surface area contributed by atoms with Crippen molar-refractivity contribution in [3.05, 3.63) is 34.4 Å². The summed E-state index contributed by atoms with van der Waals surface area (Å²) in [5.41, 5.74) is -0.217. The molecule has 0 aromatic heterocycles. The van der Waals surface area contributed by atoms with Crippen LogP contribution in [0, 0.1) is 10.1 Å². The number of nitrogens with one attached hydrogen (secondary N) is 1. The van der Waals surface area contributed by atoms with E-state index in [9.17, 15) is 18.5 Å². The number of sulfonamides is 1. The van der Waals surface area contributed by atoms with Crippen molar-refractivity contribution in [1.82, 2.24) is 9.62 Å². The molecule has 2 rings (SSSR count). The van der Waals surface area contributed by atoms with Crippen LogP contribution in [0.2, 0.25) is 0 Å². The Morgan fingerprint density at radius 1 is 1.48 bits per heavy atom. The van der Waals surface area contributed by atoms with Gasteiger partial charge in [-0.3, -0.25) is 10.1 Å². The first-order valence-electron chi connectivity index (χ1n) is 6.93. The van der Waals surface area contributed by atoms with E-state index in [0.717, 1.165) is 25.5 Å². The molecule has 8 heteroatoms. The normalized spacial score (nSPS) is 19.0. The molecule has 1 fully saturated rings. The van der Waals surface area contributed by atoms with E-state index in [2.05, 4.69) is 5.32 Å². The topological polar surface area (TPSA) is 92.6 Å². The Kier molecular flexibility index (Phi) is 4.92. The second kappa shape index (κ2) is 6.50. The van der Waals surface area contributed by atoms with E-state index in [1.807, 2.05) is 0 Å². The lowest BCUT2D eigenvalue weighted by molar-refractivity contribution is -0.385. The molecule has 21 heavy (non-hydrogen) atoms. The van der Waals surface area contributed by atoms with E-state index < -0.39 is 14.9 Å². The van der Waals surface area contributed by atoms with Crippen LogP contribution >= 0.6 is 0 Å². The molecule has 0 bridgehead atoms. The van der Waals surface area contributed by atoms with E-state index >= 15 is 0 Å². The van der Waals surface area contributed by atoms with Gasteiger partial charge in [-0.15, -0.1) is 0 Å². The zero-order valence-corrected chi connectivity index (χ0v) is 12.7. The van der Waals surface area contributed by atoms with Gasteiger partial charge in [0, 0.05) is 31.3 Å². The number of non-ortho nitro benzene ring substituents is 1. The molecular weight excluding hydrogens is 294 g/mol. The summed E-state index contributed by atoms with van der Waals surface area (Å²) >= 11 is 0. The van der Waals surface area contributed by atoms with Gasteiger partial charge in [0.05, 0.1) is 9.82 Å². The molecule has 0 radical (unpaired) electrons. The number of rotatable bonds is 6. The number of benzene rings is 1. The maximum Gasteiger partial charge on any atom is 0.270 e. The monoisotopic (exact) mass is 313 g/mol. The summed E-state index contributed by atoms with van der Waals surface area (Å²) < 4.78 is 26.6. The van der Waals surface area contributed by atoms with Crippen molar-refractivity contribution >= 4 is 15.7 Å². The summed E-state index contributed by atoms with van der Waals surface area (Å²) in [7, 11) is -3.71.